The lowest BCUT2D eigenvalue weighted by Gasteiger charge is -2.40. The van der Waals surface area contributed by atoms with Gasteiger partial charge in [0.1, 0.15) is 0 Å². The quantitative estimate of drug-likeness (QED) is 0.903. The number of piperidine rings is 1. The van der Waals surface area contributed by atoms with Gasteiger partial charge in [0.05, 0.1) is 13.7 Å². The van der Waals surface area contributed by atoms with Gasteiger partial charge in [-0.2, -0.15) is 0 Å². The molecule has 3 atom stereocenters. The van der Waals surface area contributed by atoms with Gasteiger partial charge in [-0.25, -0.2) is 4.39 Å². The number of fused-ring (bicyclic) bond motifs is 1. The Hall–Kier alpha value is -1.66. The molecule has 0 aliphatic carbocycles. The Balaban J connectivity index is 1.85. The van der Waals surface area contributed by atoms with Crippen LogP contribution in [0, 0.1) is 11.7 Å². The summed E-state index contributed by atoms with van der Waals surface area (Å²) >= 11 is 0. The Kier molecular flexibility index (Phi) is 5.02. The number of ether oxygens (including phenoxy) is 1. The topological polar surface area (TPSA) is 53.0 Å². The zero-order chi connectivity index (χ0) is 18.2. The fourth-order valence-corrected chi connectivity index (χ4v) is 4.48. The molecule has 1 N–H and O–H groups in total. The van der Waals surface area contributed by atoms with Crippen LogP contribution in [0.25, 0.3) is 0 Å². The molecule has 0 bridgehead atoms. The first-order valence-electron chi connectivity index (χ1n) is 8.84. The summed E-state index contributed by atoms with van der Waals surface area (Å²) in [5.74, 6) is 0.310. The number of amides is 1. The average Bonchev–Trinajstić information content (AvgIpc) is 2.88. The molecule has 5 nitrogen and oxygen atoms in total. The van der Waals surface area contributed by atoms with E-state index in [0.29, 0.717) is 24.6 Å². The second kappa shape index (κ2) is 6.92. The fraction of sp³-hybridized carbons (Fsp3) is 0.632. The van der Waals surface area contributed by atoms with Gasteiger partial charge in [0, 0.05) is 43.7 Å². The molecule has 138 valence electrons. The maximum atomic E-state index is 14.6. The molecule has 0 spiro atoms. The third-order valence-electron chi connectivity index (χ3n) is 5.88. The number of aliphatic hydroxyl groups excluding tert-OH is 1. The van der Waals surface area contributed by atoms with Crippen molar-refractivity contribution in [2.24, 2.45) is 5.92 Å². The SMILES string of the molecule is COc1cccc(CN2[C@H]3CCN(C(C)=O)C[C@@H]3C[C@]2(C)CO)c1F. The van der Waals surface area contributed by atoms with Crippen LogP contribution >= 0.6 is 0 Å². The first kappa shape index (κ1) is 18.1. The molecule has 2 aliphatic heterocycles. The number of carbonyl (C=O) groups excluding carboxylic acids is 1. The summed E-state index contributed by atoms with van der Waals surface area (Å²) in [5.41, 5.74) is 0.172. The molecule has 6 heteroatoms. The highest BCUT2D eigenvalue weighted by molar-refractivity contribution is 5.73. The Labute approximate surface area is 148 Å². The van der Waals surface area contributed by atoms with Crippen LogP contribution in [0.1, 0.15) is 32.3 Å². The summed E-state index contributed by atoms with van der Waals surface area (Å²) in [6, 6.07) is 5.42. The van der Waals surface area contributed by atoms with Crippen molar-refractivity contribution in [2.45, 2.75) is 44.8 Å². The molecule has 0 unspecified atom stereocenters. The van der Waals surface area contributed by atoms with Crippen LogP contribution in [0.2, 0.25) is 0 Å². The lowest BCUT2D eigenvalue weighted by molar-refractivity contribution is -0.131. The van der Waals surface area contributed by atoms with E-state index in [0.717, 1.165) is 19.4 Å². The van der Waals surface area contributed by atoms with Crippen molar-refractivity contribution in [3.63, 3.8) is 0 Å². The number of nitrogens with zero attached hydrogens (tertiary/aromatic N) is 2. The van der Waals surface area contributed by atoms with E-state index in [-0.39, 0.29) is 30.1 Å². The summed E-state index contributed by atoms with van der Waals surface area (Å²) < 4.78 is 19.7. The predicted octanol–water partition coefficient (Wildman–Crippen LogP) is 2.03. The summed E-state index contributed by atoms with van der Waals surface area (Å²) in [6.45, 7) is 5.51. The number of hydrogen-bond acceptors (Lipinski definition) is 4. The standard InChI is InChI=1S/C19H27FN2O3/c1-13(24)21-8-7-16-15(10-21)9-19(2,12-23)22(16)11-14-5-4-6-17(25-3)18(14)20/h4-6,15-16,23H,7-12H2,1-3H3/t15-,16-,19+/m0/s1. The molecule has 25 heavy (non-hydrogen) atoms. The molecule has 3 rings (SSSR count). The lowest BCUT2D eigenvalue weighted by Crippen LogP contribution is -2.51. The van der Waals surface area contributed by atoms with Crippen molar-refractivity contribution in [3.8, 4) is 5.75 Å². The van der Waals surface area contributed by atoms with Crippen LogP contribution in [0.15, 0.2) is 18.2 Å². The maximum Gasteiger partial charge on any atom is 0.219 e. The van der Waals surface area contributed by atoms with Crippen molar-refractivity contribution >= 4 is 5.91 Å². The van der Waals surface area contributed by atoms with E-state index < -0.39 is 5.54 Å². The highest BCUT2D eigenvalue weighted by atomic mass is 19.1. The minimum atomic E-state index is -0.405. The molecule has 2 aliphatic rings. The normalized spacial score (nSPS) is 29.6. The minimum absolute atomic E-state index is 0.0195. The molecular formula is C19H27FN2O3. The van der Waals surface area contributed by atoms with Gasteiger partial charge >= 0.3 is 0 Å². The third kappa shape index (κ3) is 3.25. The van der Waals surface area contributed by atoms with E-state index in [9.17, 15) is 14.3 Å². The summed E-state index contributed by atoms with van der Waals surface area (Å²) in [6.07, 6.45) is 1.66. The second-order valence-electron chi connectivity index (χ2n) is 7.50. The van der Waals surface area contributed by atoms with Crippen molar-refractivity contribution < 1.29 is 19.0 Å². The molecule has 1 amide bonds. The van der Waals surface area contributed by atoms with Crippen LogP contribution in [0.3, 0.4) is 0 Å². The molecule has 0 radical (unpaired) electrons. The smallest absolute Gasteiger partial charge is 0.219 e. The molecule has 1 aromatic carbocycles. The van der Waals surface area contributed by atoms with Crippen LogP contribution in [-0.4, -0.2) is 59.2 Å². The highest BCUT2D eigenvalue weighted by Gasteiger charge is 2.50. The van der Waals surface area contributed by atoms with Gasteiger partial charge in [-0.1, -0.05) is 12.1 Å². The summed E-state index contributed by atoms with van der Waals surface area (Å²) in [4.78, 5) is 15.8. The Bertz CT molecular complexity index is 654. The van der Waals surface area contributed by atoms with Gasteiger partial charge < -0.3 is 14.7 Å². The van der Waals surface area contributed by atoms with Gasteiger partial charge in [0.15, 0.2) is 11.6 Å². The molecule has 1 aromatic rings. The average molecular weight is 350 g/mol. The zero-order valence-corrected chi connectivity index (χ0v) is 15.2. The second-order valence-corrected chi connectivity index (χ2v) is 7.50. The van der Waals surface area contributed by atoms with Crippen LogP contribution < -0.4 is 4.74 Å². The number of benzene rings is 1. The van der Waals surface area contributed by atoms with E-state index in [1.165, 1.54) is 7.11 Å². The first-order valence-corrected chi connectivity index (χ1v) is 8.84. The van der Waals surface area contributed by atoms with E-state index in [1.54, 1.807) is 25.1 Å². The van der Waals surface area contributed by atoms with E-state index >= 15 is 0 Å². The lowest BCUT2D eigenvalue weighted by atomic mass is 9.89. The Morgan fingerprint density at radius 1 is 1.48 bits per heavy atom. The van der Waals surface area contributed by atoms with Crippen molar-refractivity contribution in [3.05, 3.63) is 29.6 Å². The monoisotopic (exact) mass is 350 g/mol. The van der Waals surface area contributed by atoms with Gasteiger partial charge in [-0.15, -0.1) is 0 Å². The van der Waals surface area contributed by atoms with Crippen molar-refractivity contribution in [2.75, 3.05) is 26.8 Å². The number of methoxy groups -OCH3 is 1. The molecule has 0 aromatic heterocycles. The number of rotatable bonds is 4. The summed E-state index contributed by atoms with van der Waals surface area (Å²) in [5, 5.41) is 10.0. The maximum absolute atomic E-state index is 14.6. The molecule has 2 heterocycles. The third-order valence-corrected chi connectivity index (χ3v) is 5.88. The number of halogens is 1. The molecular weight excluding hydrogens is 323 g/mol. The van der Waals surface area contributed by atoms with E-state index in [4.69, 9.17) is 4.74 Å². The molecule has 2 fully saturated rings. The van der Waals surface area contributed by atoms with Gasteiger partial charge in [-0.05, 0) is 31.7 Å². The Morgan fingerprint density at radius 3 is 2.88 bits per heavy atom. The van der Waals surface area contributed by atoms with Crippen LogP contribution in [0.5, 0.6) is 5.75 Å². The number of aliphatic hydroxyl groups is 1. The molecule has 2 saturated heterocycles. The van der Waals surface area contributed by atoms with Crippen LogP contribution in [0.4, 0.5) is 4.39 Å². The van der Waals surface area contributed by atoms with Gasteiger partial charge in [0.2, 0.25) is 5.91 Å². The number of hydrogen-bond donors (Lipinski definition) is 1. The molecule has 0 saturated carbocycles. The number of likely N-dealkylation sites (tertiary alicyclic amines) is 2. The fourth-order valence-electron chi connectivity index (χ4n) is 4.48. The largest absolute Gasteiger partial charge is 0.494 e. The zero-order valence-electron chi connectivity index (χ0n) is 15.2. The van der Waals surface area contributed by atoms with Crippen molar-refractivity contribution in [1.29, 1.82) is 0 Å². The Morgan fingerprint density at radius 2 is 2.24 bits per heavy atom. The highest BCUT2D eigenvalue weighted by Crippen LogP contribution is 2.43. The van der Waals surface area contributed by atoms with E-state index in [2.05, 4.69) is 4.90 Å². The number of carbonyl (C=O) groups is 1. The van der Waals surface area contributed by atoms with Crippen molar-refractivity contribution in [1.82, 2.24) is 9.80 Å². The van der Waals surface area contributed by atoms with Gasteiger partial charge in [-0.3, -0.25) is 9.69 Å². The van der Waals surface area contributed by atoms with Crippen LogP contribution in [-0.2, 0) is 11.3 Å². The first-order chi connectivity index (χ1) is 11.9. The summed E-state index contributed by atoms with van der Waals surface area (Å²) in [7, 11) is 1.46. The minimum Gasteiger partial charge on any atom is -0.494 e. The van der Waals surface area contributed by atoms with Gasteiger partial charge in [0.25, 0.3) is 0 Å². The predicted molar refractivity (Wildman–Crippen MR) is 92.8 cm³/mol. The van der Waals surface area contributed by atoms with E-state index in [1.807, 2.05) is 11.8 Å².